The molecule has 2 aliphatic rings. The lowest BCUT2D eigenvalue weighted by Gasteiger charge is -2.32. The summed E-state index contributed by atoms with van der Waals surface area (Å²) < 4.78 is 0. The van der Waals surface area contributed by atoms with Crippen LogP contribution in [-0.4, -0.2) is 55.5 Å². The van der Waals surface area contributed by atoms with Crippen molar-refractivity contribution in [2.75, 3.05) is 32.7 Å². The molecule has 0 aliphatic carbocycles. The maximum Gasteiger partial charge on any atom is 0.237 e. The number of thiophene rings is 1. The van der Waals surface area contributed by atoms with Crippen LogP contribution in [0, 0.1) is 5.92 Å². The van der Waals surface area contributed by atoms with E-state index in [1.54, 1.807) is 11.3 Å². The van der Waals surface area contributed by atoms with E-state index in [9.17, 15) is 9.59 Å². The predicted molar refractivity (Wildman–Crippen MR) is 104 cm³/mol. The number of nitrogens with one attached hydrogen (secondary N) is 3. The number of nitrogens with zero attached hydrogens (tertiary/aromatic N) is 1. The minimum absolute atomic E-state index is 0.0146. The molecule has 2 aliphatic heterocycles. The number of likely N-dealkylation sites (tertiary alicyclic amines) is 1. The molecule has 0 aromatic carbocycles. The van der Waals surface area contributed by atoms with E-state index in [0.29, 0.717) is 19.0 Å². The topological polar surface area (TPSA) is 73.5 Å². The molecule has 0 saturated carbocycles. The van der Waals surface area contributed by atoms with Gasteiger partial charge in [-0.3, -0.25) is 14.5 Å². The van der Waals surface area contributed by atoms with Crippen LogP contribution in [0.3, 0.4) is 0 Å². The molecule has 1 aromatic heterocycles. The molecular formula is C19H30N4O2S. The third-order valence-electron chi connectivity index (χ3n) is 5.26. The fourth-order valence-electron chi connectivity index (χ4n) is 3.84. The van der Waals surface area contributed by atoms with Gasteiger partial charge >= 0.3 is 0 Å². The number of piperidine rings is 1. The van der Waals surface area contributed by atoms with Gasteiger partial charge in [-0.05, 0) is 63.1 Å². The molecule has 0 radical (unpaired) electrons. The van der Waals surface area contributed by atoms with Crippen LogP contribution in [0.2, 0.25) is 0 Å². The molecule has 2 saturated heterocycles. The Morgan fingerprint density at radius 3 is 3.00 bits per heavy atom. The Morgan fingerprint density at radius 1 is 1.38 bits per heavy atom. The standard InChI is InChI=1S/C19H30N4O2S/c1-14(17-7-4-10-26-17)22-18(24)13-23-9-3-5-15(12-23)11-21-19(25)16-6-2-8-20-16/h4,7,10,14-16,20H,2-3,5-6,8-9,11-13H2,1H3,(H,21,25)(H,22,24). The van der Waals surface area contributed by atoms with Gasteiger partial charge in [-0.15, -0.1) is 11.3 Å². The van der Waals surface area contributed by atoms with Crippen molar-refractivity contribution >= 4 is 23.2 Å². The Kier molecular flexibility index (Phi) is 7.05. The van der Waals surface area contributed by atoms with Crippen LogP contribution in [0.5, 0.6) is 0 Å². The van der Waals surface area contributed by atoms with Crippen LogP contribution >= 0.6 is 11.3 Å². The van der Waals surface area contributed by atoms with E-state index in [2.05, 4.69) is 26.9 Å². The van der Waals surface area contributed by atoms with E-state index in [1.807, 2.05) is 18.4 Å². The lowest BCUT2D eigenvalue weighted by atomic mass is 9.98. The summed E-state index contributed by atoms with van der Waals surface area (Å²) in [5.41, 5.74) is 0. The molecule has 1 aromatic rings. The lowest BCUT2D eigenvalue weighted by Crippen LogP contribution is -2.47. The Balaban J connectivity index is 1.38. The molecule has 6 nitrogen and oxygen atoms in total. The van der Waals surface area contributed by atoms with Gasteiger partial charge in [0.25, 0.3) is 0 Å². The third-order valence-corrected chi connectivity index (χ3v) is 6.31. The van der Waals surface area contributed by atoms with E-state index in [1.165, 1.54) is 4.88 Å². The van der Waals surface area contributed by atoms with Gasteiger partial charge in [0, 0.05) is 18.0 Å². The van der Waals surface area contributed by atoms with Gasteiger partial charge in [0.2, 0.25) is 11.8 Å². The van der Waals surface area contributed by atoms with Gasteiger partial charge < -0.3 is 16.0 Å². The summed E-state index contributed by atoms with van der Waals surface area (Å²) in [6, 6.07) is 4.10. The fourth-order valence-corrected chi connectivity index (χ4v) is 4.57. The predicted octanol–water partition coefficient (Wildman–Crippen LogP) is 1.51. The van der Waals surface area contributed by atoms with Crippen molar-refractivity contribution in [3.05, 3.63) is 22.4 Å². The SMILES string of the molecule is CC(NC(=O)CN1CCCC(CNC(=O)C2CCCN2)C1)c1cccs1. The molecule has 0 spiro atoms. The zero-order valence-corrected chi connectivity index (χ0v) is 16.3. The average molecular weight is 379 g/mol. The summed E-state index contributed by atoms with van der Waals surface area (Å²) in [7, 11) is 0. The van der Waals surface area contributed by atoms with Crippen molar-refractivity contribution < 1.29 is 9.59 Å². The van der Waals surface area contributed by atoms with E-state index >= 15 is 0 Å². The smallest absolute Gasteiger partial charge is 0.237 e. The number of amides is 2. The van der Waals surface area contributed by atoms with Crippen molar-refractivity contribution in [2.24, 2.45) is 5.92 Å². The monoisotopic (exact) mass is 378 g/mol. The van der Waals surface area contributed by atoms with Crippen molar-refractivity contribution in [3.8, 4) is 0 Å². The second-order valence-corrected chi connectivity index (χ2v) is 8.42. The molecule has 2 fully saturated rings. The summed E-state index contributed by atoms with van der Waals surface area (Å²) >= 11 is 1.67. The van der Waals surface area contributed by atoms with E-state index < -0.39 is 0 Å². The van der Waals surface area contributed by atoms with Crippen molar-refractivity contribution in [1.82, 2.24) is 20.9 Å². The van der Waals surface area contributed by atoms with Crippen LogP contribution < -0.4 is 16.0 Å². The largest absolute Gasteiger partial charge is 0.354 e. The second kappa shape index (κ2) is 9.48. The highest BCUT2D eigenvalue weighted by atomic mass is 32.1. The minimum Gasteiger partial charge on any atom is -0.354 e. The molecule has 26 heavy (non-hydrogen) atoms. The summed E-state index contributed by atoms with van der Waals surface area (Å²) in [6.45, 7) is 5.93. The molecule has 3 atom stereocenters. The first-order chi connectivity index (χ1) is 12.6. The zero-order chi connectivity index (χ0) is 18.4. The Hall–Kier alpha value is -1.44. The molecule has 3 unspecified atom stereocenters. The maximum atomic E-state index is 12.3. The first-order valence-electron chi connectivity index (χ1n) is 9.68. The van der Waals surface area contributed by atoms with E-state index in [-0.39, 0.29) is 23.9 Å². The molecule has 0 bridgehead atoms. The molecular weight excluding hydrogens is 348 g/mol. The van der Waals surface area contributed by atoms with Crippen LogP contribution in [0.25, 0.3) is 0 Å². The lowest BCUT2D eigenvalue weighted by molar-refractivity contribution is -0.124. The summed E-state index contributed by atoms with van der Waals surface area (Å²) in [5.74, 6) is 0.629. The first-order valence-corrected chi connectivity index (χ1v) is 10.6. The number of carbonyl (C=O) groups is 2. The van der Waals surface area contributed by atoms with Gasteiger partial charge in [0.15, 0.2) is 0 Å². The molecule has 3 N–H and O–H groups in total. The summed E-state index contributed by atoms with van der Waals surface area (Å²) in [5, 5.41) is 11.4. The van der Waals surface area contributed by atoms with Crippen molar-refractivity contribution in [2.45, 2.75) is 44.7 Å². The first kappa shape index (κ1) is 19.3. The van der Waals surface area contributed by atoms with Crippen LogP contribution in [0.15, 0.2) is 17.5 Å². The summed E-state index contributed by atoms with van der Waals surface area (Å²) in [6.07, 6.45) is 4.21. The van der Waals surface area contributed by atoms with Crippen molar-refractivity contribution in [3.63, 3.8) is 0 Å². The van der Waals surface area contributed by atoms with Crippen LogP contribution in [0.1, 0.15) is 43.5 Å². The van der Waals surface area contributed by atoms with Crippen LogP contribution in [-0.2, 0) is 9.59 Å². The van der Waals surface area contributed by atoms with Gasteiger partial charge in [-0.1, -0.05) is 6.07 Å². The van der Waals surface area contributed by atoms with E-state index in [0.717, 1.165) is 45.3 Å². The normalized spacial score (nSPS) is 25.0. The number of carbonyl (C=O) groups excluding carboxylic acids is 2. The van der Waals surface area contributed by atoms with Crippen molar-refractivity contribution in [1.29, 1.82) is 0 Å². The van der Waals surface area contributed by atoms with Gasteiger partial charge in [-0.2, -0.15) is 0 Å². The fraction of sp³-hybridized carbons (Fsp3) is 0.684. The van der Waals surface area contributed by atoms with E-state index in [4.69, 9.17) is 0 Å². The molecule has 144 valence electrons. The Labute approximate surface area is 159 Å². The summed E-state index contributed by atoms with van der Waals surface area (Å²) in [4.78, 5) is 27.9. The third kappa shape index (κ3) is 5.53. The highest BCUT2D eigenvalue weighted by Gasteiger charge is 2.25. The molecule has 2 amide bonds. The molecule has 7 heteroatoms. The van der Waals surface area contributed by atoms with Gasteiger partial charge in [0.05, 0.1) is 18.6 Å². The number of hydrogen-bond acceptors (Lipinski definition) is 5. The zero-order valence-electron chi connectivity index (χ0n) is 15.5. The second-order valence-electron chi connectivity index (χ2n) is 7.44. The number of hydrogen-bond donors (Lipinski definition) is 3. The van der Waals surface area contributed by atoms with Gasteiger partial charge in [-0.25, -0.2) is 0 Å². The molecule has 3 heterocycles. The highest BCUT2D eigenvalue weighted by Crippen LogP contribution is 2.19. The number of rotatable bonds is 7. The quantitative estimate of drug-likeness (QED) is 0.672. The Morgan fingerprint density at radius 2 is 2.27 bits per heavy atom. The Bertz CT molecular complexity index is 586. The van der Waals surface area contributed by atoms with Gasteiger partial charge in [0.1, 0.15) is 0 Å². The minimum atomic E-state index is -0.0146. The highest BCUT2D eigenvalue weighted by molar-refractivity contribution is 7.10. The molecule has 3 rings (SSSR count). The maximum absolute atomic E-state index is 12.3. The average Bonchev–Trinajstić information content (AvgIpc) is 3.33. The van der Waals surface area contributed by atoms with Crippen LogP contribution in [0.4, 0.5) is 0 Å².